The molecule has 0 radical (unpaired) electrons. The van der Waals surface area contributed by atoms with Crippen molar-refractivity contribution in [2.75, 3.05) is 0 Å². The molecule has 3 N–H and O–H groups in total. The van der Waals surface area contributed by atoms with Crippen LogP contribution in [0.5, 0.6) is 17.4 Å². The van der Waals surface area contributed by atoms with Crippen LogP contribution in [0.1, 0.15) is 32.0 Å². The second kappa shape index (κ2) is 10.1. The molecular formula is C25H21N3O5. The lowest BCUT2D eigenvalue weighted by Gasteiger charge is -2.14. The van der Waals surface area contributed by atoms with Crippen molar-refractivity contribution in [2.45, 2.75) is 13.2 Å². The van der Waals surface area contributed by atoms with Gasteiger partial charge in [0.1, 0.15) is 13.2 Å². The van der Waals surface area contributed by atoms with Crippen LogP contribution in [0.3, 0.4) is 0 Å². The number of imidazole rings is 1. The molecule has 0 fully saturated rings. The van der Waals surface area contributed by atoms with Crippen LogP contribution in [0.25, 0.3) is 0 Å². The first kappa shape index (κ1) is 21.6. The van der Waals surface area contributed by atoms with E-state index in [1.165, 1.54) is 12.4 Å². The average molecular weight is 443 g/mol. The number of ether oxygens (including phenoxy) is 3. The van der Waals surface area contributed by atoms with Gasteiger partial charge in [-0.2, -0.15) is 0 Å². The van der Waals surface area contributed by atoms with Gasteiger partial charge in [0, 0.05) is 0 Å². The summed E-state index contributed by atoms with van der Waals surface area (Å²) in [4.78, 5) is 30.5. The Morgan fingerprint density at radius 1 is 0.818 bits per heavy atom. The molecule has 3 aromatic carbocycles. The molecule has 0 aliphatic carbocycles. The van der Waals surface area contributed by atoms with E-state index in [1.54, 1.807) is 12.1 Å². The molecule has 1 aromatic heterocycles. The highest BCUT2D eigenvalue weighted by atomic mass is 16.5. The van der Waals surface area contributed by atoms with Crippen LogP contribution in [0.15, 0.2) is 85.2 Å². The maximum absolute atomic E-state index is 12.7. The highest BCUT2D eigenvalue weighted by Crippen LogP contribution is 2.30. The largest absolute Gasteiger partial charge is 0.485 e. The predicted octanol–water partition coefficient (Wildman–Crippen LogP) is 3.89. The summed E-state index contributed by atoms with van der Waals surface area (Å²) in [5.74, 6) is -0.843. The zero-order valence-electron chi connectivity index (χ0n) is 17.6. The van der Waals surface area contributed by atoms with Crippen molar-refractivity contribution in [1.29, 1.82) is 0 Å². The first-order chi connectivity index (χ1) is 16.1. The number of esters is 1. The van der Waals surface area contributed by atoms with Crippen LogP contribution < -0.4 is 19.9 Å². The monoisotopic (exact) mass is 443 g/mol. The van der Waals surface area contributed by atoms with Gasteiger partial charge in [0.15, 0.2) is 17.2 Å². The number of nitrogens with one attached hydrogen (secondary N) is 1. The summed E-state index contributed by atoms with van der Waals surface area (Å²) in [7, 11) is 0. The number of benzene rings is 3. The Morgan fingerprint density at radius 3 is 2.03 bits per heavy atom. The summed E-state index contributed by atoms with van der Waals surface area (Å²) >= 11 is 0. The van der Waals surface area contributed by atoms with Crippen molar-refractivity contribution >= 4 is 11.9 Å². The maximum atomic E-state index is 12.7. The van der Waals surface area contributed by atoms with Gasteiger partial charge in [-0.15, -0.1) is 0 Å². The summed E-state index contributed by atoms with van der Waals surface area (Å²) in [6, 6.07) is 24.0. The second-order valence-corrected chi connectivity index (χ2v) is 7.05. The Labute approximate surface area is 189 Å². The third-order valence-electron chi connectivity index (χ3n) is 4.69. The number of hydrogen-bond donors (Lipinski definition) is 2. The average Bonchev–Trinajstić information content (AvgIpc) is 3.31. The highest BCUT2D eigenvalue weighted by molar-refractivity contribution is 5.96. The van der Waals surface area contributed by atoms with Crippen molar-refractivity contribution in [3.8, 4) is 17.4 Å². The lowest BCUT2D eigenvalue weighted by molar-refractivity contribution is 0.0725. The molecule has 1 amide bonds. The van der Waals surface area contributed by atoms with Crippen molar-refractivity contribution in [1.82, 2.24) is 9.97 Å². The van der Waals surface area contributed by atoms with Gasteiger partial charge < -0.3 is 24.9 Å². The van der Waals surface area contributed by atoms with Crippen molar-refractivity contribution in [3.63, 3.8) is 0 Å². The molecule has 0 saturated carbocycles. The molecule has 0 saturated heterocycles. The third kappa shape index (κ3) is 5.56. The Bertz CT molecular complexity index is 1240. The number of amides is 1. The standard InChI is InChI=1S/C25H21N3O5/c26-23(29)22-24(28-16-27-22)33-25(30)19-11-12-20(31-14-17-7-3-1-4-8-17)21(13-19)32-15-18-9-5-2-6-10-18/h1-13,16H,14-15H2,(H2,26,29)(H,27,28). The molecular weight excluding hydrogens is 422 g/mol. The van der Waals surface area contributed by atoms with E-state index in [1.807, 2.05) is 60.7 Å². The van der Waals surface area contributed by atoms with E-state index in [-0.39, 0.29) is 23.7 Å². The number of carbonyl (C=O) groups is 2. The molecule has 0 spiro atoms. The molecule has 0 aliphatic rings. The summed E-state index contributed by atoms with van der Waals surface area (Å²) in [5, 5.41) is 0. The lowest BCUT2D eigenvalue weighted by Crippen LogP contribution is -2.16. The topological polar surface area (TPSA) is 117 Å². The number of carbonyl (C=O) groups excluding carboxylic acids is 2. The van der Waals surface area contributed by atoms with Gasteiger partial charge in [-0.1, -0.05) is 60.7 Å². The SMILES string of the molecule is NC(=O)c1[nH]cnc1OC(=O)c1ccc(OCc2ccccc2)c(OCc2ccccc2)c1. The number of rotatable bonds is 9. The predicted molar refractivity (Wildman–Crippen MR) is 120 cm³/mol. The minimum atomic E-state index is -0.785. The Morgan fingerprint density at radius 2 is 1.42 bits per heavy atom. The number of H-pyrrole nitrogens is 1. The highest BCUT2D eigenvalue weighted by Gasteiger charge is 2.19. The van der Waals surface area contributed by atoms with Crippen molar-refractivity contribution in [2.24, 2.45) is 5.73 Å². The fourth-order valence-electron chi connectivity index (χ4n) is 3.02. The Balaban J connectivity index is 1.55. The molecule has 0 aliphatic heterocycles. The molecule has 4 rings (SSSR count). The zero-order chi connectivity index (χ0) is 23.0. The second-order valence-electron chi connectivity index (χ2n) is 7.05. The van der Waals surface area contributed by atoms with E-state index in [0.717, 1.165) is 11.1 Å². The van der Waals surface area contributed by atoms with Gasteiger partial charge in [0.2, 0.25) is 0 Å². The molecule has 0 atom stereocenters. The van der Waals surface area contributed by atoms with Gasteiger partial charge in [-0.25, -0.2) is 9.78 Å². The van der Waals surface area contributed by atoms with E-state index >= 15 is 0 Å². The van der Waals surface area contributed by atoms with Gasteiger partial charge >= 0.3 is 5.97 Å². The van der Waals surface area contributed by atoms with Crippen molar-refractivity contribution < 1.29 is 23.8 Å². The first-order valence-electron chi connectivity index (χ1n) is 10.1. The van der Waals surface area contributed by atoms with Gasteiger partial charge in [-0.05, 0) is 29.3 Å². The minimum absolute atomic E-state index is 0.0910. The molecule has 166 valence electrons. The molecule has 33 heavy (non-hydrogen) atoms. The number of nitrogens with two attached hydrogens (primary N) is 1. The number of aromatic amines is 1. The minimum Gasteiger partial charge on any atom is -0.485 e. The van der Waals surface area contributed by atoms with Crippen LogP contribution in [-0.2, 0) is 13.2 Å². The van der Waals surface area contributed by atoms with Gasteiger partial charge in [-0.3, -0.25) is 4.79 Å². The fraction of sp³-hybridized carbons (Fsp3) is 0.0800. The third-order valence-corrected chi connectivity index (χ3v) is 4.69. The Kier molecular flexibility index (Phi) is 6.65. The van der Waals surface area contributed by atoms with Crippen LogP contribution in [0.4, 0.5) is 0 Å². The van der Waals surface area contributed by atoms with Crippen LogP contribution in [0, 0.1) is 0 Å². The lowest BCUT2D eigenvalue weighted by atomic mass is 10.2. The van der Waals surface area contributed by atoms with E-state index in [4.69, 9.17) is 19.9 Å². The first-order valence-corrected chi connectivity index (χ1v) is 10.1. The van der Waals surface area contributed by atoms with E-state index in [2.05, 4.69) is 9.97 Å². The molecule has 0 bridgehead atoms. The maximum Gasteiger partial charge on any atom is 0.345 e. The van der Waals surface area contributed by atoms with E-state index in [9.17, 15) is 9.59 Å². The summed E-state index contributed by atoms with van der Waals surface area (Å²) in [6.45, 7) is 0.619. The number of primary amides is 1. The smallest absolute Gasteiger partial charge is 0.345 e. The van der Waals surface area contributed by atoms with Crippen LogP contribution in [0.2, 0.25) is 0 Å². The number of nitrogens with zero attached hydrogens (tertiary/aromatic N) is 1. The van der Waals surface area contributed by atoms with Gasteiger partial charge in [0.25, 0.3) is 11.8 Å². The summed E-state index contributed by atoms with van der Waals surface area (Å²) in [6.07, 6.45) is 1.22. The normalized spacial score (nSPS) is 10.4. The summed E-state index contributed by atoms with van der Waals surface area (Å²) in [5.41, 5.74) is 7.32. The van der Waals surface area contributed by atoms with E-state index < -0.39 is 11.9 Å². The molecule has 1 heterocycles. The molecule has 4 aromatic rings. The van der Waals surface area contributed by atoms with E-state index in [0.29, 0.717) is 18.1 Å². The zero-order valence-corrected chi connectivity index (χ0v) is 17.6. The fourth-order valence-corrected chi connectivity index (χ4v) is 3.02. The van der Waals surface area contributed by atoms with Gasteiger partial charge in [0.05, 0.1) is 11.9 Å². The molecule has 0 unspecified atom stereocenters. The molecule has 8 heteroatoms. The van der Waals surface area contributed by atoms with Crippen molar-refractivity contribution in [3.05, 3.63) is 108 Å². The quantitative estimate of drug-likeness (QED) is 0.379. The summed E-state index contributed by atoms with van der Waals surface area (Å²) < 4.78 is 17.2. The van der Waals surface area contributed by atoms with Crippen LogP contribution >= 0.6 is 0 Å². The molecule has 8 nitrogen and oxygen atoms in total. The number of hydrogen-bond acceptors (Lipinski definition) is 6. The van der Waals surface area contributed by atoms with Crippen LogP contribution in [-0.4, -0.2) is 21.8 Å². The Hall–Kier alpha value is -4.59. The number of aromatic nitrogens is 2.